The van der Waals surface area contributed by atoms with Crippen LogP contribution in [0.2, 0.25) is 0 Å². The second kappa shape index (κ2) is 2.77. The van der Waals surface area contributed by atoms with E-state index in [2.05, 4.69) is 9.97 Å². The molecule has 2 heterocycles. The van der Waals surface area contributed by atoms with Crippen LogP contribution >= 0.6 is 0 Å². The van der Waals surface area contributed by atoms with Gasteiger partial charge in [-0.1, -0.05) is 20.8 Å². The molecule has 0 aromatic carbocycles. The molecule has 0 atom stereocenters. The lowest BCUT2D eigenvalue weighted by Crippen LogP contribution is -2.16. The fourth-order valence-electron chi connectivity index (χ4n) is 1.42. The molecule has 0 bridgehead atoms. The van der Waals surface area contributed by atoms with E-state index >= 15 is 0 Å². The van der Waals surface area contributed by atoms with Gasteiger partial charge < -0.3 is 0 Å². The first-order valence-electron chi connectivity index (χ1n) is 4.48. The fourth-order valence-corrected chi connectivity index (χ4v) is 1.42. The summed E-state index contributed by atoms with van der Waals surface area (Å²) in [5.41, 5.74) is 1.28. The molecule has 0 N–H and O–H groups in total. The van der Waals surface area contributed by atoms with Crippen LogP contribution in [0.15, 0.2) is 18.6 Å². The molecule has 2 aromatic heterocycles. The van der Waals surface area contributed by atoms with Gasteiger partial charge in [0.25, 0.3) is 0 Å². The van der Waals surface area contributed by atoms with Crippen molar-refractivity contribution in [3.05, 3.63) is 30.2 Å². The van der Waals surface area contributed by atoms with Crippen molar-refractivity contribution in [3.63, 3.8) is 0 Å². The van der Waals surface area contributed by atoms with Crippen LogP contribution in [0.1, 0.15) is 26.5 Å². The summed E-state index contributed by atoms with van der Waals surface area (Å²) in [7, 11) is 0. The van der Waals surface area contributed by atoms with Crippen LogP contribution in [0.4, 0.5) is 4.39 Å². The normalized spacial score (nSPS) is 12.3. The fraction of sp³-hybridized carbons (Fsp3) is 0.400. The highest BCUT2D eigenvalue weighted by Gasteiger charge is 2.20. The molecule has 2 rings (SSSR count). The molecule has 2 aromatic rings. The van der Waals surface area contributed by atoms with Gasteiger partial charge in [-0.3, -0.25) is 9.38 Å². The van der Waals surface area contributed by atoms with Crippen LogP contribution in [0.3, 0.4) is 0 Å². The first kappa shape index (κ1) is 9.12. The number of fused-ring (bicyclic) bond motifs is 1. The average molecular weight is 193 g/mol. The second-order valence-electron chi connectivity index (χ2n) is 4.30. The lowest BCUT2D eigenvalue weighted by molar-refractivity contribution is 0.532. The van der Waals surface area contributed by atoms with Gasteiger partial charge in [-0.2, -0.15) is 4.39 Å². The molecular weight excluding hydrogens is 181 g/mol. The third-order valence-electron chi connectivity index (χ3n) is 2.09. The number of aromatic nitrogens is 3. The topological polar surface area (TPSA) is 30.2 Å². The summed E-state index contributed by atoms with van der Waals surface area (Å²) in [4.78, 5) is 8.20. The minimum absolute atomic E-state index is 0.125. The van der Waals surface area contributed by atoms with Gasteiger partial charge in [0.1, 0.15) is 0 Å². The minimum atomic E-state index is -0.384. The quantitative estimate of drug-likeness (QED) is 0.641. The summed E-state index contributed by atoms with van der Waals surface area (Å²) in [6, 6.07) is 0. The average Bonchev–Trinajstić information content (AvgIpc) is 2.50. The molecule has 0 aliphatic carbocycles. The number of halogens is 1. The number of rotatable bonds is 0. The molecule has 0 spiro atoms. The molecule has 0 aliphatic heterocycles. The number of nitrogens with zero attached hydrogens (tertiary/aromatic N) is 3. The van der Waals surface area contributed by atoms with Gasteiger partial charge in [-0.25, -0.2) is 4.98 Å². The largest absolute Gasteiger partial charge is 0.273 e. The summed E-state index contributed by atoms with van der Waals surface area (Å²) in [5.74, 6) is -0.384. The van der Waals surface area contributed by atoms with E-state index in [0.29, 0.717) is 5.65 Å². The zero-order valence-electron chi connectivity index (χ0n) is 8.45. The Morgan fingerprint density at radius 3 is 2.64 bits per heavy atom. The lowest BCUT2D eigenvalue weighted by atomic mass is 9.92. The molecule has 14 heavy (non-hydrogen) atoms. The van der Waals surface area contributed by atoms with Gasteiger partial charge in [-0.15, -0.1) is 0 Å². The van der Waals surface area contributed by atoms with Crippen LogP contribution < -0.4 is 0 Å². The van der Waals surface area contributed by atoms with Gasteiger partial charge in [0, 0.05) is 17.8 Å². The van der Waals surface area contributed by atoms with Crippen molar-refractivity contribution in [1.82, 2.24) is 14.4 Å². The van der Waals surface area contributed by atoms with Crippen molar-refractivity contribution in [2.75, 3.05) is 0 Å². The molecule has 0 unspecified atom stereocenters. The number of hydrogen-bond acceptors (Lipinski definition) is 2. The van der Waals surface area contributed by atoms with Gasteiger partial charge in [-0.05, 0) is 0 Å². The van der Waals surface area contributed by atoms with Crippen molar-refractivity contribution in [2.45, 2.75) is 26.2 Å². The Labute approximate surface area is 81.6 Å². The summed E-state index contributed by atoms with van der Waals surface area (Å²) in [6.07, 6.45) is 4.41. The maximum absolute atomic E-state index is 13.2. The molecule has 0 fully saturated rings. The molecule has 3 nitrogen and oxygen atoms in total. The van der Waals surface area contributed by atoms with Crippen LogP contribution in [0.25, 0.3) is 5.65 Å². The van der Waals surface area contributed by atoms with Crippen LogP contribution in [0.5, 0.6) is 0 Å². The van der Waals surface area contributed by atoms with Gasteiger partial charge in [0.05, 0.1) is 11.9 Å². The second-order valence-corrected chi connectivity index (χ2v) is 4.30. The predicted octanol–water partition coefficient (Wildman–Crippen LogP) is 2.17. The number of imidazole rings is 1. The van der Waals surface area contributed by atoms with E-state index in [9.17, 15) is 4.39 Å². The van der Waals surface area contributed by atoms with Crippen LogP contribution in [-0.4, -0.2) is 14.4 Å². The van der Waals surface area contributed by atoms with Crippen molar-refractivity contribution in [2.24, 2.45) is 0 Å². The molecule has 0 aliphatic rings. The molecular formula is C10H12FN3. The zero-order chi connectivity index (χ0) is 10.3. The first-order valence-corrected chi connectivity index (χ1v) is 4.48. The van der Waals surface area contributed by atoms with E-state index in [1.54, 1.807) is 12.4 Å². The van der Waals surface area contributed by atoms with Gasteiger partial charge in [0.15, 0.2) is 5.65 Å². The first-order chi connectivity index (χ1) is 6.50. The summed E-state index contributed by atoms with van der Waals surface area (Å²) >= 11 is 0. The highest BCUT2D eigenvalue weighted by Crippen LogP contribution is 2.23. The van der Waals surface area contributed by atoms with Crippen molar-refractivity contribution < 1.29 is 4.39 Å². The smallest absolute Gasteiger partial charge is 0.217 e. The summed E-state index contributed by atoms with van der Waals surface area (Å²) in [6.45, 7) is 6.09. The van der Waals surface area contributed by atoms with Crippen molar-refractivity contribution in [1.29, 1.82) is 0 Å². The Hall–Kier alpha value is -1.45. The summed E-state index contributed by atoms with van der Waals surface area (Å²) in [5, 5.41) is 0. The highest BCUT2D eigenvalue weighted by molar-refractivity contribution is 5.46. The Bertz CT molecular complexity index is 468. The lowest BCUT2D eigenvalue weighted by Gasteiger charge is -2.17. The standard InChI is InChI=1S/C10H12FN3/c1-10(2,3)8-9-12-4-5-14(9)7(11)6-13-8/h4-6H,1-3H3. The van der Waals surface area contributed by atoms with Crippen LogP contribution in [0, 0.1) is 5.95 Å². The zero-order valence-corrected chi connectivity index (χ0v) is 8.45. The Kier molecular flexibility index (Phi) is 1.80. The predicted molar refractivity (Wildman–Crippen MR) is 51.6 cm³/mol. The maximum atomic E-state index is 13.2. The monoisotopic (exact) mass is 193 g/mol. The highest BCUT2D eigenvalue weighted by atomic mass is 19.1. The number of hydrogen-bond donors (Lipinski definition) is 0. The van der Waals surface area contributed by atoms with Gasteiger partial charge in [0.2, 0.25) is 5.95 Å². The molecule has 74 valence electrons. The van der Waals surface area contributed by atoms with E-state index < -0.39 is 0 Å². The van der Waals surface area contributed by atoms with E-state index in [1.807, 2.05) is 20.8 Å². The van der Waals surface area contributed by atoms with E-state index in [4.69, 9.17) is 0 Å². The minimum Gasteiger partial charge on any atom is -0.273 e. The SMILES string of the molecule is CC(C)(C)c1ncc(F)n2ccnc12. The third kappa shape index (κ3) is 1.27. The Balaban J connectivity index is 2.80. The van der Waals surface area contributed by atoms with E-state index in [1.165, 1.54) is 10.6 Å². The van der Waals surface area contributed by atoms with Gasteiger partial charge >= 0.3 is 0 Å². The molecule has 4 heteroatoms. The molecule has 0 saturated carbocycles. The maximum Gasteiger partial charge on any atom is 0.217 e. The molecule has 0 amide bonds. The molecule has 0 saturated heterocycles. The Morgan fingerprint density at radius 1 is 1.29 bits per heavy atom. The van der Waals surface area contributed by atoms with Crippen LogP contribution in [-0.2, 0) is 5.41 Å². The summed E-state index contributed by atoms with van der Waals surface area (Å²) < 4.78 is 14.7. The third-order valence-corrected chi connectivity index (χ3v) is 2.09. The van der Waals surface area contributed by atoms with Crippen molar-refractivity contribution >= 4 is 5.65 Å². The van der Waals surface area contributed by atoms with Crippen molar-refractivity contribution in [3.8, 4) is 0 Å². The van der Waals surface area contributed by atoms with E-state index in [-0.39, 0.29) is 11.4 Å². The molecule has 0 radical (unpaired) electrons. The van der Waals surface area contributed by atoms with E-state index in [0.717, 1.165) is 5.69 Å². The Morgan fingerprint density at radius 2 is 2.00 bits per heavy atom.